The SMILES string of the molecule is Cc1cc(C(=O)N2CCN(C)CC2)nc(NCc2ccc3c(c2)OCO3)n1. The maximum atomic E-state index is 12.8. The lowest BCUT2D eigenvalue weighted by molar-refractivity contribution is 0.0658. The van der Waals surface area contributed by atoms with Gasteiger partial charge < -0.3 is 24.6 Å². The molecule has 0 unspecified atom stereocenters. The average molecular weight is 369 g/mol. The van der Waals surface area contributed by atoms with Gasteiger partial charge in [0.15, 0.2) is 11.5 Å². The Morgan fingerprint density at radius 3 is 2.70 bits per heavy atom. The van der Waals surface area contributed by atoms with Crippen molar-refractivity contribution >= 4 is 11.9 Å². The minimum absolute atomic E-state index is 0.0419. The third-order valence-electron chi connectivity index (χ3n) is 4.75. The molecule has 142 valence electrons. The van der Waals surface area contributed by atoms with Gasteiger partial charge in [0.1, 0.15) is 5.69 Å². The minimum Gasteiger partial charge on any atom is -0.454 e. The maximum absolute atomic E-state index is 12.8. The lowest BCUT2D eigenvalue weighted by Gasteiger charge is -2.32. The summed E-state index contributed by atoms with van der Waals surface area (Å²) >= 11 is 0. The van der Waals surface area contributed by atoms with E-state index in [0.717, 1.165) is 48.9 Å². The van der Waals surface area contributed by atoms with E-state index in [2.05, 4.69) is 27.2 Å². The number of benzene rings is 1. The molecule has 8 heteroatoms. The summed E-state index contributed by atoms with van der Waals surface area (Å²) in [6, 6.07) is 7.53. The molecule has 2 aliphatic rings. The molecule has 0 saturated carbocycles. The highest BCUT2D eigenvalue weighted by Gasteiger charge is 2.22. The van der Waals surface area contributed by atoms with Crippen LogP contribution < -0.4 is 14.8 Å². The molecule has 0 radical (unpaired) electrons. The summed E-state index contributed by atoms with van der Waals surface area (Å²) in [5.41, 5.74) is 2.22. The number of piperazine rings is 1. The lowest BCUT2D eigenvalue weighted by atomic mass is 10.2. The van der Waals surface area contributed by atoms with Gasteiger partial charge in [-0.05, 0) is 37.7 Å². The fourth-order valence-corrected chi connectivity index (χ4v) is 3.16. The topological polar surface area (TPSA) is 79.8 Å². The van der Waals surface area contributed by atoms with Gasteiger partial charge in [-0.1, -0.05) is 6.07 Å². The van der Waals surface area contributed by atoms with Crippen LogP contribution in [0.5, 0.6) is 11.5 Å². The van der Waals surface area contributed by atoms with Gasteiger partial charge in [0, 0.05) is 38.4 Å². The van der Waals surface area contributed by atoms with Crippen LogP contribution in [0.4, 0.5) is 5.95 Å². The number of fused-ring (bicyclic) bond motifs is 1. The van der Waals surface area contributed by atoms with Crippen molar-refractivity contribution in [3.05, 3.63) is 41.2 Å². The number of ether oxygens (including phenoxy) is 2. The number of anilines is 1. The predicted octanol–water partition coefficient (Wildman–Crippen LogP) is 1.51. The van der Waals surface area contributed by atoms with E-state index in [9.17, 15) is 4.79 Å². The Labute approximate surface area is 158 Å². The number of aromatic nitrogens is 2. The summed E-state index contributed by atoms with van der Waals surface area (Å²) < 4.78 is 10.7. The summed E-state index contributed by atoms with van der Waals surface area (Å²) in [6.45, 7) is 5.86. The van der Waals surface area contributed by atoms with E-state index in [1.807, 2.05) is 30.0 Å². The molecular formula is C19H23N5O3. The zero-order valence-corrected chi connectivity index (χ0v) is 15.6. The van der Waals surface area contributed by atoms with Crippen LogP contribution in [-0.4, -0.2) is 65.7 Å². The normalized spacial score (nSPS) is 16.4. The summed E-state index contributed by atoms with van der Waals surface area (Å²) in [4.78, 5) is 25.7. The average Bonchev–Trinajstić information content (AvgIpc) is 3.14. The van der Waals surface area contributed by atoms with Crippen molar-refractivity contribution in [3.8, 4) is 11.5 Å². The van der Waals surface area contributed by atoms with Crippen molar-refractivity contribution in [2.24, 2.45) is 0 Å². The van der Waals surface area contributed by atoms with E-state index in [0.29, 0.717) is 18.2 Å². The monoisotopic (exact) mass is 369 g/mol. The second kappa shape index (κ2) is 7.40. The predicted molar refractivity (Wildman–Crippen MR) is 100 cm³/mol. The summed E-state index contributed by atoms with van der Waals surface area (Å²) in [5.74, 6) is 1.90. The molecule has 1 aromatic carbocycles. The lowest BCUT2D eigenvalue weighted by Crippen LogP contribution is -2.47. The number of rotatable bonds is 4. The first-order chi connectivity index (χ1) is 13.1. The van der Waals surface area contributed by atoms with E-state index < -0.39 is 0 Å². The standard InChI is InChI=1S/C19H23N5O3/c1-13-9-15(18(25)24-7-5-23(2)6-8-24)22-19(21-13)20-11-14-3-4-16-17(10-14)27-12-26-16/h3-4,9-10H,5-8,11-12H2,1-2H3,(H,20,21,22). The van der Waals surface area contributed by atoms with Crippen LogP contribution in [-0.2, 0) is 6.54 Å². The molecule has 0 bridgehead atoms. The second-order valence-corrected chi connectivity index (χ2v) is 6.85. The van der Waals surface area contributed by atoms with E-state index in [1.54, 1.807) is 6.07 Å². The summed E-state index contributed by atoms with van der Waals surface area (Å²) in [7, 11) is 2.06. The molecule has 4 rings (SSSR count). The summed E-state index contributed by atoms with van der Waals surface area (Å²) in [5, 5.41) is 3.20. The van der Waals surface area contributed by atoms with E-state index in [4.69, 9.17) is 9.47 Å². The number of likely N-dealkylation sites (N-methyl/N-ethyl adjacent to an activating group) is 1. The highest BCUT2D eigenvalue weighted by atomic mass is 16.7. The van der Waals surface area contributed by atoms with Crippen molar-refractivity contribution < 1.29 is 14.3 Å². The fourth-order valence-electron chi connectivity index (χ4n) is 3.16. The number of carbonyl (C=O) groups is 1. The third kappa shape index (κ3) is 3.95. The van der Waals surface area contributed by atoms with Crippen LogP contribution >= 0.6 is 0 Å². The van der Waals surface area contributed by atoms with Gasteiger partial charge in [-0.3, -0.25) is 4.79 Å². The van der Waals surface area contributed by atoms with Gasteiger partial charge in [-0.25, -0.2) is 9.97 Å². The zero-order chi connectivity index (χ0) is 18.8. The van der Waals surface area contributed by atoms with Crippen LogP contribution in [0.15, 0.2) is 24.3 Å². The van der Waals surface area contributed by atoms with Crippen molar-refractivity contribution in [2.75, 3.05) is 45.3 Å². The Balaban J connectivity index is 1.45. The first-order valence-corrected chi connectivity index (χ1v) is 9.04. The number of aryl methyl sites for hydroxylation is 1. The van der Waals surface area contributed by atoms with Gasteiger partial charge in [0.2, 0.25) is 12.7 Å². The van der Waals surface area contributed by atoms with Crippen molar-refractivity contribution in [1.29, 1.82) is 0 Å². The van der Waals surface area contributed by atoms with E-state index in [1.165, 1.54) is 0 Å². The maximum Gasteiger partial charge on any atom is 0.272 e. The van der Waals surface area contributed by atoms with Gasteiger partial charge in [0.25, 0.3) is 5.91 Å². The quantitative estimate of drug-likeness (QED) is 0.875. The molecule has 1 saturated heterocycles. The van der Waals surface area contributed by atoms with Gasteiger partial charge in [0.05, 0.1) is 0 Å². The molecule has 0 aliphatic carbocycles. The Kier molecular flexibility index (Phi) is 4.81. The van der Waals surface area contributed by atoms with Crippen LogP contribution in [0.25, 0.3) is 0 Å². The van der Waals surface area contributed by atoms with Gasteiger partial charge in [-0.15, -0.1) is 0 Å². The largest absolute Gasteiger partial charge is 0.454 e. The number of amides is 1. The van der Waals surface area contributed by atoms with Gasteiger partial charge >= 0.3 is 0 Å². The molecule has 1 aromatic heterocycles. The number of nitrogens with zero attached hydrogens (tertiary/aromatic N) is 4. The molecule has 0 spiro atoms. The zero-order valence-electron chi connectivity index (χ0n) is 15.6. The molecular weight excluding hydrogens is 346 g/mol. The Morgan fingerprint density at radius 2 is 1.89 bits per heavy atom. The minimum atomic E-state index is -0.0419. The Bertz CT molecular complexity index is 849. The van der Waals surface area contributed by atoms with Crippen LogP contribution in [0.3, 0.4) is 0 Å². The molecule has 1 fully saturated rings. The Morgan fingerprint density at radius 1 is 1.11 bits per heavy atom. The number of nitrogens with one attached hydrogen (secondary N) is 1. The van der Waals surface area contributed by atoms with Crippen molar-refractivity contribution in [2.45, 2.75) is 13.5 Å². The molecule has 0 atom stereocenters. The first kappa shape index (κ1) is 17.5. The first-order valence-electron chi connectivity index (χ1n) is 9.04. The number of carbonyl (C=O) groups excluding carboxylic acids is 1. The van der Waals surface area contributed by atoms with Crippen molar-refractivity contribution in [1.82, 2.24) is 19.8 Å². The molecule has 3 heterocycles. The molecule has 2 aromatic rings. The second-order valence-electron chi connectivity index (χ2n) is 6.85. The Hall–Kier alpha value is -2.87. The third-order valence-corrected chi connectivity index (χ3v) is 4.75. The molecule has 27 heavy (non-hydrogen) atoms. The number of hydrogen-bond donors (Lipinski definition) is 1. The van der Waals surface area contributed by atoms with E-state index >= 15 is 0 Å². The van der Waals surface area contributed by atoms with Crippen LogP contribution in [0, 0.1) is 6.92 Å². The summed E-state index contributed by atoms with van der Waals surface area (Å²) in [6.07, 6.45) is 0. The van der Waals surface area contributed by atoms with Gasteiger partial charge in [-0.2, -0.15) is 0 Å². The smallest absolute Gasteiger partial charge is 0.272 e. The molecule has 1 N–H and O–H groups in total. The molecule has 1 amide bonds. The molecule has 2 aliphatic heterocycles. The fraction of sp³-hybridized carbons (Fsp3) is 0.421. The highest BCUT2D eigenvalue weighted by Crippen LogP contribution is 2.32. The number of hydrogen-bond acceptors (Lipinski definition) is 7. The highest BCUT2D eigenvalue weighted by molar-refractivity contribution is 5.92. The van der Waals surface area contributed by atoms with Crippen LogP contribution in [0.1, 0.15) is 21.7 Å². The molecule has 8 nitrogen and oxygen atoms in total. The van der Waals surface area contributed by atoms with E-state index in [-0.39, 0.29) is 12.7 Å². The van der Waals surface area contributed by atoms with Crippen molar-refractivity contribution in [3.63, 3.8) is 0 Å². The van der Waals surface area contributed by atoms with Crippen LogP contribution in [0.2, 0.25) is 0 Å².